The van der Waals surface area contributed by atoms with E-state index in [0.29, 0.717) is 6.04 Å². The van der Waals surface area contributed by atoms with Crippen molar-refractivity contribution in [1.29, 1.82) is 0 Å². The van der Waals surface area contributed by atoms with Crippen molar-refractivity contribution in [3.05, 3.63) is 35.9 Å². The van der Waals surface area contributed by atoms with Crippen molar-refractivity contribution >= 4 is 11.9 Å². The van der Waals surface area contributed by atoms with E-state index >= 15 is 0 Å². The van der Waals surface area contributed by atoms with Crippen molar-refractivity contribution in [2.24, 2.45) is 0 Å². The van der Waals surface area contributed by atoms with Gasteiger partial charge in [0.2, 0.25) is 11.9 Å². The normalized spacial score (nSPS) is 18.9. The van der Waals surface area contributed by atoms with E-state index in [2.05, 4.69) is 36.7 Å². The molecule has 0 aliphatic carbocycles. The van der Waals surface area contributed by atoms with Gasteiger partial charge in [0.1, 0.15) is 0 Å². The summed E-state index contributed by atoms with van der Waals surface area (Å²) in [6, 6.07) is 4.17. The topological polar surface area (TPSA) is 58.0 Å². The average molecular weight is 284 g/mol. The molecule has 0 unspecified atom stereocenters. The zero-order chi connectivity index (χ0) is 14.8. The fraction of sp³-hybridized carbons (Fsp3) is 0.467. The lowest BCUT2D eigenvalue weighted by atomic mass is 10.2. The van der Waals surface area contributed by atoms with Crippen LogP contribution in [0.5, 0.6) is 0 Å². The zero-order valence-electron chi connectivity index (χ0n) is 12.7. The summed E-state index contributed by atoms with van der Waals surface area (Å²) >= 11 is 0. The Bertz CT molecular complexity index is 629. The van der Waals surface area contributed by atoms with Crippen LogP contribution in [-0.4, -0.2) is 45.6 Å². The smallest absolute Gasteiger partial charge is 0.225 e. The number of rotatable bonds is 2. The van der Waals surface area contributed by atoms with Gasteiger partial charge < -0.3 is 9.80 Å². The maximum Gasteiger partial charge on any atom is 0.225 e. The van der Waals surface area contributed by atoms with Gasteiger partial charge in [0, 0.05) is 49.5 Å². The van der Waals surface area contributed by atoms with Crippen molar-refractivity contribution in [2.45, 2.75) is 26.8 Å². The minimum atomic E-state index is 0.324. The van der Waals surface area contributed by atoms with Crippen molar-refractivity contribution in [1.82, 2.24) is 19.9 Å². The highest BCUT2D eigenvalue weighted by molar-refractivity contribution is 5.39. The lowest BCUT2D eigenvalue weighted by Gasteiger charge is -2.39. The Balaban J connectivity index is 1.75. The molecule has 6 nitrogen and oxygen atoms in total. The van der Waals surface area contributed by atoms with Gasteiger partial charge in [-0.05, 0) is 32.9 Å². The lowest BCUT2D eigenvalue weighted by molar-refractivity contribution is 0.532. The fourth-order valence-electron chi connectivity index (χ4n) is 2.60. The minimum Gasteiger partial charge on any atom is -0.337 e. The number of aryl methyl sites for hydroxylation is 2. The van der Waals surface area contributed by atoms with Crippen LogP contribution in [-0.2, 0) is 0 Å². The molecule has 0 spiro atoms. The quantitative estimate of drug-likeness (QED) is 0.835. The molecule has 1 atom stereocenters. The molecule has 6 heteroatoms. The van der Waals surface area contributed by atoms with Crippen molar-refractivity contribution < 1.29 is 0 Å². The first-order valence-electron chi connectivity index (χ1n) is 7.24. The van der Waals surface area contributed by atoms with Crippen LogP contribution in [0, 0.1) is 13.8 Å². The van der Waals surface area contributed by atoms with Gasteiger partial charge in [0.05, 0.1) is 0 Å². The van der Waals surface area contributed by atoms with Gasteiger partial charge >= 0.3 is 0 Å². The Morgan fingerprint density at radius 2 is 1.57 bits per heavy atom. The molecule has 1 fully saturated rings. The largest absolute Gasteiger partial charge is 0.337 e. The summed E-state index contributed by atoms with van der Waals surface area (Å²) in [5, 5.41) is 0. The van der Waals surface area contributed by atoms with Crippen LogP contribution in [0.4, 0.5) is 11.9 Å². The molecule has 3 heterocycles. The molecule has 0 amide bonds. The summed E-state index contributed by atoms with van der Waals surface area (Å²) < 4.78 is 0. The molecular formula is C15H20N6. The summed E-state index contributed by atoms with van der Waals surface area (Å²) in [7, 11) is 0. The maximum atomic E-state index is 4.52. The van der Waals surface area contributed by atoms with Crippen molar-refractivity contribution in [3.8, 4) is 0 Å². The van der Waals surface area contributed by atoms with Crippen LogP contribution in [0.1, 0.15) is 18.3 Å². The van der Waals surface area contributed by atoms with Crippen molar-refractivity contribution in [3.63, 3.8) is 0 Å². The molecule has 110 valence electrons. The summed E-state index contributed by atoms with van der Waals surface area (Å²) in [6.45, 7) is 8.81. The molecule has 0 N–H and O–H groups in total. The van der Waals surface area contributed by atoms with Crippen LogP contribution in [0.15, 0.2) is 24.5 Å². The summed E-state index contributed by atoms with van der Waals surface area (Å²) in [4.78, 5) is 22.3. The standard InChI is InChI=1S/C15H20N6/c1-11-4-6-16-14(18-11)20-8-9-21(13(3)10-20)15-17-7-5-12(2)19-15/h4-7,13H,8-10H2,1-3H3/t13-/m1/s1. The molecule has 21 heavy (non-hydrogen) atoms. The third kappa shape index (κ3) is 2.94. The van der Waals surface area contributed by atoms with E-state index in [1.807, 2.05) is 38.4 Å². The third-order valence-electron chi connectivity index (χ3n) is 3.73. The first kappa shape index (κ1) is 13.7. The van der Waals surface area contributed by atoms with Crippen LogP contribution < -0.4 is 9.80 Å². The minimum absolute atomic E-state index is 0.324. The Hall–Kier alpha value is -2.24. The molecule has 1 saturated heterocycles. The summed E-state index contributed by atoms with van der Waals surface area (Å²) in [6.07, 6.45) is 3.64. The highest BCUT2D eigenvalue weighted by Crippen LogP contribution is 2.19. The first-order valence-corrected chi connectivity index (χ1v) is 7.24. The number of anilines is 2. The number of nitrogens with zero attached hydrogens (tertiary/aromatic N) is 6. The SMILES string of the molecule is Cc1ccnc(N2CCN(c3nccc(C)n3)[C@H](C)C2)n1. The lowest BCUT2D eigenvalue weighted by Crippen LogP contribution is -2.53. The molecule has 3 rings (SSSR count). The number of aromatic nitrogens is 4. The van der Waals surface area contributed by atoms with Crippen LogP contribution >= 0.6 is 0 Å². The van der Waals surface area contributed by atoms with Crippen LogP contribution in [0.3, 0.4) is 0 Å². The van der Waals surface area contributed by atoms with Gasteiger partial charge in [0.25, 0.3) is 0 Å². The van der Waals surface area contributed by atoms with E-state index in [1.54, 1.807) is 0 Å². The Morgan fingerprint density at radius 3 is 2.19 bits per heavy atom. The molecule has 2 aromatic heterocycles. The van der Waals surface area contributed by atoms with E-state index in [1.165, 1.54) is 0 Å². The van der Waals surface area contributed by atoms with Gasteiger partial charge in [-0.2, -0.15) is 0 Å². The molecule has 0 saturated carbocycles. The highest BCUT2D eigenvalue weighted by atomic mass is 15.4. The van der Waals surface area contributed by atoms with E-state index < -0.39 is 0 Å². The number of hydrogen-bond acceptors (Lipinski definition) is 6. The Labute approximate surface area is 124 Å². The monoisotopic (exact) mass is 284 g/mol. The molecule has 0 aromatic carbocycles. The average Bonchev–Trinajstić information content (AvgIpc) is 2.47. The summed E-state index contributed by atoms with van der Waals surface area (Å²) in [5.74, 6) is 1.62. The molecule has 2 aromatic rings. The second-order valence-electron chi connectivity index (χ2n) is 5.48. The second-order valence-corrected chi connectivity index (χ2v) is 5.48. The van der Waals surface area contributed by atoms with E-state index in [9.17, 15) is 0 Å². The van der Waals surface area contributed by atoms with Crippen LogP contribution in [0.25, 0.3) is 0 Å². The van der Waals surface area contributed by atoms with Gasteiger partial charge in [0.15, 0.2) is 0 Å². The molecular weight excluding hydrogens is 264 g/mol. The Kier molecular flexibility index (Phi) is 3.68. The van der Waals surface area contributed by atoms with E-state index in [-0.39, 0.29) is 0 Å². The number of piperazine rings is 1. The first-order chi connectivity index (χ1) is 10.1. The molecule has 1 aliphatic heterocycles. The predicted molar refractivity (Wildman–Crippen MR) is 82.6 cm³/mol. The number of hydrogen-bond donors (Lipinski definition) is 0. The van der Waals surface area contributed by atoms with Gasteiger partial charge in [-0.15, -0.1) is 0 Å². The van der Waals surface area contributed by atoms with Crippen LogP contribution in [0.2, 0.25) is 0 Å². The highest BCUT2D eigenvalue weighted by Gasteiger charge is 2.26. The van der Waals surface area contributed by atoms with E-state index in [4.69, 9.17) is 0 Å². The Morgan fingerprint density at radius 1 is 0.952 bits per heavy atom. The zero-order valence-corrected chi connectivity index (χ0v) is 12.7. The van der Waals surface area contributed by atoms with Gasteiger partial charge in [-0.25, -0.2) is 19.9 Å². The third-order valence-corrected chi connectivity index (χ3v) is 3.73. The molecule has 0 radical (unpaired) electrons. The fourth-order valence-corrected chi connectivity index (χ4v) is 2.60. The molecule has 0 bridgehead atoms. The van der Waals surface area contributed by atoms with E-state index in [0.717, 1.165) is 42.9 Å². The van der Waals surface area contributed by atoms with Gasteiger partial charge in [-0.3, -0.25) is 0 Å². The second kappa shape index (κ2) is 5.63. The molecule has 1 aliphatic rings. The summed E-state index contributed by atoms with van der Waals surface area (Å²) in [5.41, 5.74) is 1.99. The predicted octanol–water partition coefficient (Wildman–Crippen LogP) is 1.60. The van der Waals surface area contributed by atoms with Gasteiger partial charge in [-0.1, -0.05) is 0 Å². The van der Waals surface area contributed by atoms with Crippen molar-refractivity contribution in [2.75, 3.05) is 29.4 Å². The maximum absolute atomic E-state index is 4.52.